The van der Waals surface area contributed by atoms with Gasteiger partial charge in [-0.25, -0.2) is 5.84 Å². The van der Waals surface area contributed by atoms with E-state index in [9.17, 15) is 9.90 Å². The van der Waals surface area contributed by atoms with Crippen LogP contribution >= 0.6 is 0 Å². The Kier molecular flexibility index (Phi) is 6.51. The number of nitrogens with one attached hydrogen (secondary N) is 2. The quantitative estimate of drug-likeness (QED) is 0.218. The number of hydrogen-bond acceptors (Lipinski definition) is 5. The molecule has 16 heavy (non-hydrogen) atoms. The Labute approximate surface area is 96.5 Å². The molecule has 0 fully saturated rings. The summed E-state index contributed by atoms with van der Waals surface area (Å²) in [6.45, 7) is 7.91. The average molecular weight is 233 g/mol. The lowest BCUT2D eigenvalue weighted by atomic mass is 10.1. The summed E-state index contributed by atoms with van der Waals surface area (Å²) in [5.41, 5.74) is 1.65. The zero-order valence-corrected chi connectivity index (χ0v) is 10.4. The Morgan fingerprint density at radius 1 is 1.50 bits per heavy atom. The van der Waals surface area contributed by atoms with Gasteiger partial charge in [0, 0.05) is 13.0 Å². The van der Waals surface area contributed by atoms with Gasteiger partial charge in [-0.05, 0) is 26.7 Å². The van der Waals surface area contributed by atoms with Crippen molar-refractivity contribution in [3.63, 3.8) is 0 Å². The SMILES string of the molecule is CC(CNC(O)OC(C)(C)C)CC(=O)NN. The highest BCUT2D eigenvalue weighted by Crippen LogP contribution is 2.08. The molecule has 0 rings (SSSR count). The summed E-state index contributed by atoms with van der Waals surface area (Å²) in [6, 6.07) is 0. The third kappa shape index (κ3) is 8.60. The summed E-state index contributed by atoms with van der Waals surface area (Å²) < 4.78 is 5.24. The van der Waals surface area contributed by atoms with Crippen molar-refractivity contribution in [1.29, 1.82) is 0 Å². The molecule has 0 aliphatic heterocycles. The van der Waals surface area contributed by atoms with E-state index in [0.29, 0.717) is 13.0 Å². The van der Waals surface area contributed by atoms with Crippen molar-refractivity contribution in [3.05, 3.63) is 0 Å². The average Bonchev–Trinajstić information content (AvgIpc) is 2.12. The van der Waals surface area contributed by atoms with Crippen LogP contribution in [0, 0.1) is 5.92 Å². The molecule has 0 bridgehead atoms. The van der Waals surface area contributed by atoms with Crippen molar-refractivity contribution in [2.24, 2.45) is 11.8 Å². The van der Waals surface area contributed by atoms with E-state index in [1.165, 1.54) is 0 Å². The molecule has 5 N–H and O–H groups in total. The van der Waals surface area contributed by atoms with Crippen LogP contribution in [0.2, 0.25) is 0 Å². The summed E-state index contributed by atoms with van der Waals surface area (Å²) >= 11 is 0. The predicted octanol–water partition coefficient (Wildman–Crippen LogP) is -0.317. The molecule has 0 spiro atoms. The topological polar surface area (TPSA) is 96.6 Å². The largest absolute Gasteiger partial charge is 0.356 e. The summed E-state index contributed by atoms with van der Waals surface area (Å²) in [5, 5.41) is 12.2. The summed E-state index contributed by atoms with van der Waals surface area (Å²) in [5.74, 6) is 4.81. The minimum Gasteiger partial charge on any atom is -0.356 e. The van der Waals surface area contributed by atoms with Crippen LogP contribution in [0.5, 0.6) is 0 Å². The minimum absolute atomic E-state index is 0.0711. The molecule has 0 aromatic rings. The normalized spacial score (nSPS) is 15.6. The number of aliphatic hydroxyl groups is 1. The molecule has 2 atom stereocenters. The van der Waals surface area contributed by atoms with Crippen LogP contribution < -0.4 is 16.6 Å². The molecule has 0 radical (unpaired) electrons. The van der Waals surface area contributed by atoms with Gasteiger partial charge in [-0.15, -0.1) is 0 Å². The fourth-order valence-electron chi connectivity index (χ4n) is 1.13. The lowest BCUT2D eigenvalue weighted by Crippen LogP contribution is -2.41. The summed E-state index contributed by atoms with van der Waals surface area (Å²) in [6.07, 6.45) is -0.713. The summed E-state index contributed by atoms with van der Waals surface area (Å²) in [4.78, 5) is 10.9. The Hall–Kier alpha value is -0.690. The first-order chi connectivity index (χ1) is 7.24. The maximum absolute atomic E-state index is 10.9. The molecule has 0 heterocycles. The smallest absolute Gasteiger partial charge is 0.234 e. The van der Waals surface area contributed by atoms with Crippen LogP contribution in [0.3, 0.4) is 0 Å². The van der Waals surface area contributed by atoms with Gasteiger partial charge in [0.05, 0.1) is 5.60 Å². The fourth-order valence-corrected chi connectivity index (χ4v) is 1.13. The Balaban J connectivity index is 3.75. The van der Waals surface area contributed by atoms with Crippen molar-refractivity contribution in [2.45, 2.75) is 46.1 Å². The van der Waals surface area contributed by atoms with Gasteiger partial charge in [-0.1, -0.05) is 6.92 Å². The number of carbonyl (C=O) groups excluding carboxylic acids is 1. The summed E-state index contributed by atoms with van der Waals surface area (Å²) in [7, 11) is 0. The van der Waals surface area contributed by atoms with Gasteiger partial charge in [-0.2, -0.15) is 0 Å². The maximum Gasteiger partial charge on any atom is 0.234 e. The number of hydrazine groups is 1. The van der Waals surface area contributed by atoms with Crippen molar-refractivity contribution in [2.75, 3.05) is 6.54 Å². The molecule has 6 heteroatoms. The Bertz CT molecular complexity index is 216. The standard InChI is InChI=1S/C10H23N3O3/c1-7(5-8(14)13-11)6-12-9(15)16-10(2,3)4/h7,9,12,15H,5-6,11H2,1-4H3,(H,13,14). The maximum atomic E-state index is 10.9. The molecule has 96 valence electrons. The van der Waals surface area contributed by atoms with Gasteiger partial charge in [0.25, 0.3) is 0 Å². The number of carbonyl (C=O) groups is 1. The van der Waals surface area contributed by atoms with Crippen LogP contribution in [0.4, 0.5) is 0 Å². The number of ether oxygens (including phenoxy) is 1. The molecular formula is C10H23N3O3. The van der Waals surface area contributed by atoms with Crippen LogP contribution in [0.1, 0.15) is 34.1 Å². The minimum atomic E-state index is -1.02. The first-order valence-corrected chi connectivity index (χ1v) is 5.33. The first-order valence-electron chi connectivity index (χ1n) is 5.33. The van der Waals surface area contributed by atoms with Gasteiger partial charge in [0.1, 0.15) is 0 Å². The lowest BCUT2D eigenvalue weighted by molar-refractivity contribution is -0.182. The lowest BCUT2D eigenvalue weighted by Gasteiger charge is -2.25. The first kappa shape index (κ1) is 15.3. The molecule has 1 amide bonds. The van der Waals surface area contributed by atoms with Gasteiger partial charge in [-0.3, -0.25) is 15.5 Å². The highest BCUT2D eigenvalue weighted by Gasteiger charge is 2.17. The van der Waals surface area contributed by atoms with E-state index < -0.39 is 12.0 Å². The molecule has 2 unspecified atom stereocenters. The van der Waals surface area contributed by atoms with Crippen LogP contribution in [-0.4, -0.2) is 29.6 Å². The highest BCUT2D eigenvalue weighted by atomic mass is 16.6. The predicted molar refractivity (Wildman–Crippen MR) is 61.0 cm³/mol. The van der Waals surface area contributed by atoms with E-state index in [2.05, 4.69) is 10.7 Å². The van der Waals surface area contributed by atoms with Gasteiger partial charge >= 0.3 is 0 Å². The van der Waals surface area contributed by atoms with E-state index in [-0.39, 0.29) is 11.8 Å². The van der Waals surface area contributed by atoms with Gasteiger partial charge < -0.3 is 9.84 Å². The zero-order chi connectivity index (χ0) is 12.8. The fraction of sp³-hybridized carbons (Fsp3) is 0.900. The molecular weight excluding hydrogens is 210 g/mol. The van der Waals surface area contributed by atoms with Crippen molar-refractivity contribution in [1.82, 2.24) is 10.7 Å². The van der Waals surface area contributed by atoms with E-state index in [1.807, 2.05) is 27.7 Å². The van der Waals surface area contributed by atoms with Crippen molar-refractivity contribution >= 4 is 5.91 Å². The van der Waals surface area contributed by atoms with E-state index in [1.54, 1.807) is 0 Å². The number of aliphatic hydroxyl groups excluding tert-OH is 1. The number of nitrogens with two attached hydrogens (primary N) is 1. The highest BCUT2D eigenvalue weighted by molar-refractivity contribution is 5.75. The van der Waals surface area contributed by atoms with Gasteiger partial charge in [0.2, 0.25) is 12.3 Å². The third-order valence-corrected chi connectivity index (χ3v) is 1.80. The monoisotopic (exact) mass is 233 g/mol. The molecule has 0 saturated heterocycles. The van der Waals surface area contributed by atoms with E-state index in [0.717, 1.165) is 0 Å². The van der Waals surface area contributed by atoms with E-state index >= 15 is 0 Å². The molecule has 6 nitrogen and oxygen atoms in total. The molecule has 0 aliphatic carbocycles. The van der Waals surface area contributed by atoms with Crippen molar-refractivity contribution < 1.29 is 14.6 Å². The van der Waals surface area contributed by atoms with Crippen molar-refractivity contribution in [3.8, 4) is 0 Å². The van der Waals surface area contributed by atoms with Crippen LogP contribution in [-0.2, 0) is 9.53 Å². The second-order valence-electron chi connectivity index (χ2n) is 4.87. The Morgan fingerprint density at radius 2 is 2.06 bits per heavy atom. The Morgan fingerprint density at radius 3 is 2.50 bits per heavy atom. The zero-order valence-electron chi connectivity index (χ0n) is 10.4. The number of hydrogen-bond donors (Lipinski definition) is 4. The molecule has 0 aromatic heterocycles. The van der Waals surface area contributed by atoms with Crippen LogP contribution in [0.25, 0.3) is 0 Å². The van der Waals surface area contributed by atoms with E-state index in [4.69, 9.17) is 10.6 Å². The number of amides is 1. The van der Waals surface area contributed by atoms with Gasteiger partial charge in [0.15, 0.2) is 0 Å². The second kappa shape index (κ2) is 6.80. The second-order valence-corrected chi connectivity index (χ2v) is 4.87. The molecule has 0 saturated carbocycles. The van der Waals surface area contributed by atoms with Crippen LogP contribution in [0.15, 0.2) is 0 Å². The number of rotatable bonds is 6. The molecule has 0 aromatic carbocycles. The third-order valence-electron chi connectivity index (χ3n) is 1.80. The molecule has 0 aliphatic rings.